The fourth-order valence-electron chi connectivity index (χ4n) is 2.04. The molecule has 2 heterocycles. The molecule has 0 aliphatic carbocycles. The molecule has 0 saturated carbocycles. The van der Waals surface area contributed by atoms with E-state index in [2.05, 4.69) is 9.82 Å². The predicted molar refractivity (Wildman–Crippen MR) is 84.7 cm³/mol. The first-order chi connectivity index (χ1) is 9.97. The number of nitrogens with one attached hydrogen (secondary N) is 1. The molecule has 0 fully saturated rings. The Kier molecular flexibility index (Phi) is 5.02. The van der Waals surface area contributed by atoms with E-state index in [1.807, 2.05) is 25.3 Å². The molecular formula is C13H20N4O2S2. The lowest BCUT2D eigenvalue weighted by Crippen LogP contribution is -2.23. The second-order valence-electron chi connectivity index (χ2n) is 4.69. The molecule has 3 N–H and O–H groups in total. The number of nitrogens with two attached hydrogens (primary N) is 1. The molecule has 0 spiro atoms. The summed E-state index contributed by atoms with van der Waals surface area (Å²) in [5, 5.41) is 5.99. The Hall–Kier alpha value is -1.38. The molecule has 2 aromatic rings. The summed E-state index contributed by atoms with van der Waals surface area (Å²) >= 11 is 1.55. The quantitative estimate of drug-likeness (QED) is 0.813. The van der Waals surface area contributed by atoms with Crippen LogP contribution in [0, 0.1) is 0 Å². The van der Waals surface area contributed by atoms with Gasteiger partial charge in [0.15, 0.2) is 5.82 Å². The Morgan fingerprint density at radius 2 is 2.19 bits per heavy atom. The van der Waals surface area contributed by atoms with Crippen molar-refractivity contribution in [3.8, 4) is 0 Å². The summed E-state index contributed by atoms with van der Waals surface area (Å²) in [7, 11) is -3.64. The van der Waals surface area contributed by atoms with Gasteiger partial charge in [-0.15, -0.1) is 11.3 Å². The van der Waals surface area contributed by atoms with Crippen LogP contribution in [0.4, 0.5) is 5.82 Å². The average Bonchev–Trinajstić information content (AvgIpc) is 3.03. The summed E-state index contributed by atoms with van der Waals surface area (Å²) in [6.45, 7) is 4.96. The SMILES string of the molecule is CCCn1cc(S(=O)(=O)NCc2sccc2CC)c(N)n1. The van der Waals surface area contributed by atoms with E-state index in [1.165, 1.54) is 6.20 Å². The molecule has 116 valence electrons. The third-order valence-corrected chi connectivity index (χ3v) is 5.52. The smallest absolute Gasteiger partial charge is 0.246 e. The van der Waals surface area contributed by atoms with Gasteiger partial charge in [-0.2, -0.15) is 5.10 Å². The van der Waals surface area contributed by atoms with Crippen molar-refractivity contribution in [1.82, 2.24) is 14.5 Å². The van der Waals surface area contributed by atoms with E-state index in [-0.39, 0.29) is 17.3 Å². The summed E-state index contributed by atoms with van der Waals surface area (Å²) in [5.74, 6) is 0.0397. The van der Waals surface area contributed by atoms with Crippen LogP contribution >= 0.6 is 11.3 Å². The van der Waals surface area contributed by atoms with Crippen molar-refractivity contribution >= 4 is 27.2 Å². The van der Waals surface area contributed by atoms with E-state index < -0.39 is 10.0 Å². The maximum Gasteiger partial charge on any atom is 0.246 e. The molecule has 0 aromatic carbocycles. The van der Waals surface area contributed by atoms with Gasteiger partial charge in [0.2, 0.25) is 10.0 Å². The summed E-state index contributed by atoms with van der Waals surface area (Å²) in [6.07, 6.45) is 3.23. The van der Waals surface area contributed by atoms with Gasteiger partial charge >= 0.3 is 0 Å². The lowest BCUT2D eigenvalue weighted by Gasteiger charge is -2.05. The van der Waals surface area contributed by atoms with Crippen molar-refractivity contribution in [2.75, 3.05) is 5.73 Å². The van der Waals surface area contributed by atoms with Crippen LogP contribution in [-0.4, -0.2) is 18.2 Å². The molecular weight excluding hydrogens is 308 g/mol. The fourth-order valence-corrected chi connectivity index (χ4v) is 4.12. The van der Waals surface area contributed by atoms with Crippen molar-refractivity contribution in [2.45, 2.75) is 44.7 Å². The molecule has 0 amide bonds. The Labute approximate surface area is 129 Å². The van der Waals surface area contributed by atoms with Gasteiger partial charge in [-0.05, 0) is 29.9 Å². The number of anilines is 1. The van der Waals surface area contributed by atoms with E-state index in [9.17, 15) is 8.42 Å². The standard InChI is InChI=1S/C13H20N4O2S2/c1-3-6-17-9-12(13(14)16-17)21(18,19)15-8-11-10(4-2)5-7-20-11/h5,7,9,15H,3-4,6,8H2,1-2H3,(H2,14,16). The number of sulfonamides is 1. The van der Waals surface area contributed by atoms with Crippen molar-refractivity contribution in [1.29, 1.82) is 0 Å². The fraction of sp³-hybridized carbons (Fsp3) is 0.462. The minimum Gasteiger partial charge on any atom is -0.381 e. The van der Waals surface area contributed by atoms with Crippen LogP contribution in [0.3, 0.4) is 0 Å². The maximum absolute atomic E-state index is 12.3. The Morgan fingerprint density at radius 3 is 2.86 bits per heavy atom. The normalized spacial score (nSPS) is 11.9. The summed E-state index contributed by atoms with van der Waals surface area (Å²) in [6, 6.07) is 2.02. The lowest BCUT2D eigenvalue weighted by atomic mass is 10.2. The van der Waals surface area contributed by atoms with Gasteiger partial charge in [0.1, 0.15) is 4.90 Å². The van der Waals surface area contributed by atoms with E-state index in [4.69, 9.17) is 5.73 Å². The lowest BCUT2D eigenvalue weighted by molar-refractivity contribution is 0.579. The molecule has 21 heavy (non-hydrogen) atoms. The van der Waals surface area contributed by atoms with Gasteiger partial charge < -0.3 is 5.73 Å². The molecule has 0 aliphatic heterocycles. The van der Waals surface area contributed by atoms with Crippen molar-refractivity contribution in [3.05, 3.63) is 28.1 Å². The Bertz CT molecular complexity index is 704. The number of aryl methyl sites for hydroxylation is 2. The van der Waals surface area contributed by atoms with Gasteiger partial charge in [0.25, 0.3) is 0 Å². The molecule has 2 rings (SSSR count). The number of rotatable bonds is 7. The second-order valence-corrected chi connectivity index (χ2v) is 7.42. The first-order valence-electron chi connectivity index (χ1n) is 6.85. The van der Waals surface area contributed by atoms with Crippen LogP contribution in [0.2, 0.25) is 0 Å². The number of nitrogens with zero attached hydrogens (tertiary/aromatic N) is 2. The second kappa shape index (κ2) is 6.59. The topological polar surface area (TPSA) is 90.0 Å². The zero-order chi connectivity index (χ0) is 15.5. The first-order valence-corrected chi connectivity index (χ1v) is 9.22. The first kappa shape index (κ1) is 16.0. The highest BCUT2D eigenvalue weighted by Crippen LogP contribution is 2.20. The van der Waals surface area contributed by atoms with Crippen LogP contribution in [0.5, 0.6) is 0 Å². The molecule has 0 bridgehead atoms. The zero-order valence-corrected chi connectivity index (χ0v) is 13.8. The van der Waals surface area contributed by atoms with Gasteiger partial charge in [-0.3, -0.25) is 4.68 Å². The zero-order valence-electron chi connectivity index (χ0n) is 12.2. The third-order valence-electron chi connectivity index (χ3n) is 3.14. The highest BCUT2D eigenvalue weighted by molar-refractivity contribution is 7.89. The van der Waals surface area contributed by atoms with Gasteiger partial charge in [0, 0.05) is 24.2 Å². The van der Waals surface area contributed by atoms with Crippen LogP contribution < -0.4 is 10.5 Å². The van der Waals surface area contributed by atoms with Crippen LogP contribution in [0.1, 0.15) is 30.7 Å². The van der Waals surface area contributed by atoms with E-state index in [0.717, 1.165) is 23.3 Å². The maximum atomic E-state index is 12.3. The van der Waals surface area contributed by atoms with E-state index >= 15 is 0 Å². The van der Waals surface area contributed by atoms with Crippen LogP contribution in [0.15, 0.2) is 22.5 Å². The molecule has 6 nitrogen and oxygen atoms in total. The highest BCUT2D eigenvalue weighted by Gasteiger charge is 2.21. The predicted octanol–water partition coefficient (Wildman–Crippen LogP) is 1.98. The largest absolute Gasteiger partial charge is 0.381 e. The Balaban J connectivity index is 2.15. The van der Waals surface area contributed by atoms with E-state index in [0.29, 0.717) is 6.54 Å². The molecule has 0 aliphatic rings. The third kappa shape index (κ3) is 3.63. The van der Waals surface area contributed by atoms with Crippen LogP contribution in [0.25, 0.3) is 0 Å². The number of thiophene rings is 1. The Morgan fingerprint density at radius 1 is 1.43 bits per heavy atom. The van der Waals surface area contributed by atoms with Gasteiger partial charge in [-0.25, -0.2) is 13.1 Å². The summed E-state index contributed by atoms with van der Waals surface area (Å²) in [5.41, 5.74) is 6.88. The monoisotopic (exact) mass is 328 g/mol. The van der Waals surface area contributed by atoms with Gasteiger partial charge in [0.05, 0.1) is 0 Å². The number of hydrogen-bond donors (Lipinski definition) is 2. The van der Waals surface area contributed by atoms with Crippen molar-refractivity contribution in [3.63, 3.8) is 0 Å². The average molecular weight is 328 g/mol. The number of aromatic nitrogens is 2. The van der Waals surface area contributed by atoms with Gasteiger partial charge in [-0.1, -0.05) is 13.8 Å². The minimum absolute atomic E-state index is 0.0397. The molecule has 0 unspecified atom stereocenters. The minimum atomic E-state index is -3.64. The molecule has 8 heteroatoms. The molecule has 0 atom stereocenters. The summed E-state index contributed by atoms with van der Waals surface area (Å²) < 4.78 is 28.8. The molecule has 0 saturated heterocycles. The number of nitrogen functional groups attached to an aromatic ring is 1. The molecule has 0 radical (unpaired) electrons. The molecule has 2 aromatic heterocycles. The highest BCUT2D eigenvalue weighted by atomic mass is 32.2. The summed E-state index contributed by atoms with van der Waals surface area (Å²) in [4.78, 5) is 1.08. The van der Waals surface area contributed by atoms with Crippen molar-refractivity contribution in [2.24, 2.45) is 0 Å². The van der Waals surface area contributed by atoms with E-state index in [1.54, 1.807) is 16.0 Å². The van der Waals surface area contributed by atoms with Crippen molar-refractivity contribution < 1.29 is 8.42 Å². The van der Waals surface area contributed by atoms with Crippen LogP contribution in [-0.2, 0) is 29.5 Å². The number of hydrogen-bond acceptors (Lipinski definition) is 5.